The molecule has 0 aliphatic carbocycles. The summed E-state index contributed by atoms with van der Waals surface area (Å²) in [6.45, 7) is 7.44. The number of ether oxygens (including phenoxy) is 2. The van der Waals surface area contributed by atoms with Crippen LogP contribution >= 0.6 is 22.9 Å². The van der Waals surface area contributed by atoms with Crippen LogP contribution in [0.25, 0.3) is 10.2 Å². The number of halogens is 1. The van der Waals surface area contributed by atoms with Crippen LogP contribution in [0.1, 0.15) is 35.2 Å². The number of hydrogen-bond acceptors (Lipinski definition) is 8. The zero-order valence-corrected chi connectivity index (χ0v) is 25.2. The summed E-state index contributed by atoms with van der Waals surface area (Å²) in [5.41, 5.74) is 2.17. The number of sulfonamides is 1. The quantitative estimate of drug-likeness (QED) is 0.337. The topological polar surface area (TPSA) is 92.3 Å². The highest BCUT2D eigenvalue weighted by atomic mass is 35.5. The second-order valence-electron chi connectivity index (χ2n) is 10.2. The summed E-state index contributed by atoms with van der Waals surface area (Å²) >= 11 is 7.86. The van der Waals surface area contributed by atoms with E-state index in [0.717, 1.165) is 67.9 Å². The summed E-state index contributed by atoms with van der Waals surface area (Å²) in [5, 5.41) is 1.18. The molecule has 0 bridgehead atoms. The van der Waals surface area contributed by atoms with Gasteiger partial charge in [0.2, 0.25) is 10.0 Å². The number of likely N-dealkylation sites (N-methyl/N-ethyl adjacent to an activating group) is 1. The molecule has 1 unspecified atom stereocenters. The van der Waals surface area contributed by atoms with Crippen LogP contribution in [0.2, 0.25) is 5.02 Å². The first-order valence-electron chi connectivity index (χ1n) is 13.6. The highest BCUT2D eigenvalue weighted by Crippen LogP contribution is 2.36. The maximum Gasteiger partial charge on any atom is 0.260 e. The minimum absolute atomic E-state index is 0.0856. The number of fused-ring (bicyclic) bond motifs is 1. The van der Waals surface area contributed by atoms with Crippen LogP contribution in [0.5, 0.6) is 0 Å². The molecule has 0 radical (unpaired) electrons. The maximum atomic E-state index is 13.8. The first-order valence-corrected chi connectivity index (χ1v) is 16.2. The van der Waals surface area contributed by atoms with E-state index in [2.05, 4.69) is 4.90 Å². The van der Waals surface area contributed by atoms with E-state index in [9.17, 15) is 13.2 Å². The van der Waals surface area contributed by atoms with E-state index in [0.29, 0.717) is 35.4 Å². The molecule has 9 nitrogen and oxygen atoms in total. The summed E-state index contributed by atoms with van der Waals surface area (Å²) in [4.78, 5) is 22.8. The maximum absolute atomic E-state index is 13.8. The molecule has 1 amide bonds. The molecule has 3 heterocycles. The molecule has 2 aliphatic rings. The second kappa shape index (κ2) is 12.8. The number of morpholine rings is 1. The number of amides is 1. The van der Waals surface area contributed by atoms with Gasteiger partial charge in [0.05, 0.1) is 39.5 Å². The summed E-state index contributed by atoms with van der Waals surface area (Å²) in [6.07, 6.45) is 2.47. The first kappa shape index (κ1) is 29.4. The number of thiazole rings is 1. The third-order valence-electron chi connectivity index (χ3n) is 7.42. The third-order valence-corrected chi connectivity index (χ3v) is 10.8. The molecule has 0 spiro atoms. The summed E-state index contributed by atoms with van der Waals surface area (Å²) in [6, 6.07) is 9.93. The van der Waals surface area contributed by atoms with E-state index in [1.54, 1.807) is 24.1 Å². The molecule has 0 N–H and O–H groups in total. The molecule has 2 fully saturated rings. The minimum Gasteiger partial charge on any atom is -0.379 e. The van der Waals surface area contributed by atoms with Gasteiger partial charge >= 0.3 is 0 Å². The molecular weight excluding hydrogens is 572 g/mol. The van der Waals surface area contributed by atoms with Crippen LogP contribution in [0.3, 0.4) is 0 Å². The average Bonchev–Trinajstić information content (AvgIpc) is 3.65. The molecule has 0 saturated carbocycles. The van der Waals surface area contributed by atoms with Gasteiger partial charge in [-0.3, -0.25) is 14.6 Å². The van der Waals surface area contributed by atoms with Gasteiger partial charge in [-0.25, -0.2) is 13.4 Å². The normalized spacial score (nSPS) is 18.6. The van der Waals surface area contributed by atoms with Crippen LogP contribution in [-0.4, -0.2) is 94.2 Å². The van der Waals surface area contributed by atoms with Gasteiger partial charge in [0.1, 0.15) is 0 Å². The lowest BCUT2D eigenvalue weighted by atomic mass is 10.2. The lowest BCUT2D eigenvalue weighted by Gasteiger charge is -2.27. The van der Waals surface area contributed by atoms with E-state index in [-0.39, 0.29) is 16.9 Å². The molecule has 1 aromatic heterocycles. The number of benzene rings is 2. The van der Waals surface area contributed by atoms with Crippen molar-refractivity contribution in [3.05, 3.63) is 52.5 Å². The molecule has 3 aromatic rings. The van der Waals surface area contributed by atoms with Crippen molar-refractivity contribution in [1.29, 1.82) is 0 Å². The van der Waals surface area contributed by atoms with Crippen molar-refractivity contribution in [3.8, 4) is 0 Å². The molecule has 2 aromatic carbocycles. The smallest absolute Gasteiger partial charge is 0.260 e. The van der Waals surface area contributed by atoms with Crippen LogP contribution in [0.15, 0.2) is 41.3 Å². The fraction of sp³-hybridized carbons (Fsp3) is 0.500. The fourth-order valence-electron chi connectivity index (χ4n) is 5.05. The summed E-state index contributed by atoms with van der Waals surface area (Å²) < 4.78 is 39.5. The molecule has 216 valence electrons. The molecule has 12 heteroatoms. The average molecular weight is 607 g/mol. The van der Waals surface area contributed by atoms with Gasteiger partial charge in [0.25, 0.3) is 5.91 Å². The van der Waals surface area contributed by atoms with Gasteiger partial charge in [-0.05, 0) is 62.1 Å². The Morgan fingerprint density at radius 3 is 2.58 bits per heavy atom. The first-order chi connectivity index (χ1) is 19.2. The van der Waals surface area contributed by atoms with Crippen molar-refractivity contribution >= 4 is 54.2 Å². The Morgan fingerprint density at radius 2 is 1.90 bits per heavy atom. The van der Waals surface area contributed by atoms with Crippen molar-refractivity contribution < 1.29 is 22.7 Å². The van der Waals surface area contributed by atoms with Crippen molar-refractivity contribution in [2.75, 3.05) is 64.5 Å². The van der Waals surface area contributed by atoms with Crippen molar-refractivity contribution in [3.63, 3.8) is 0 Å². The molecule has 5 rings (SSSR count). The number of aryl methyl sites for hydroxylation is 1. The van der Waals surface area contributed by atoms with Gasteiger partial charge < -0.3 is 9.47 Å². The Hall–Kier alpha value is -2.12. The van der Waals surface area contributed by atoms with Crippen LogP contribution in [-0.2, 0) is 19.5 Å². The van der Waals surface area contributed by atoms with E-state index < -0.39 is 10.0 Å². The Morgan fingerprint density at radius 1 is 1.15 bits per heavy atom. The number of carbonyl (C=O) groups excluding carboxylic acids is 1. The van der Waals surface area contributed by atoms with Gasteiger partial charge in [-0.2, -0.15) is 4.31 Å². The van der Waals surface area contributed by atoms with E-state index in [4.69, 9.17) is 26.1 Å². The standard InChI is InChI=1S/C28H35ClN4O5S2/c1-20-6-11-24(29)26-25(20)30-28(39-26)33(13-4-12-32-14-17-37-18-15-32)27(34)21-7-9-23(10-8-21)40(35,36)31(2)19-22-5-3-16-38-22/h6-11,22H,3-5,12-19H2,1-2H3. The second-order valence-corrected chi connectivity index (χ2v) is 13.7. The number of rotatable bonds is 10. The minimum atomic E-state index is -3.71. The molecule has 2 saturated heterocycles. The highest BCUT2D eigenvalue weighted by molar-refractivity contribution is 7.89. The Labute approximate surface area is 244 Å². The number of carbonyl (C=O) groups is 1. The monoisotopic (exact) mass is 606 g/mol. The van der Waals surface area contributed by atoms with Crippen LogP contribution < -0.4 is 4.90 Å². The lowest BCUT2D eigenvalue weighted by Crippen LogP contribution is -2.39. The zero-order chi connectivity index (χ0) is 28.3. The predicted octanol–water partition coefficient (Wildman–Crippen LogP) is 4.43. The van der Waals surface area contributed by atoms with Gasteiger partial charge in [0, 0.05) is 51.9 Å². The molecule has 2 aliphatic heterocycles. The highest BCUT2D eigenvalue weighted by Gasteiger charge is 2.27. The third kappa shape index (κ3) is 6.51. The van der Waals surface area contributed by atoms with Gasteiger partial charge in [0.15, 0.2) is 5.13 Å². The zero-order valence-electron chi connectivity index (χ0n) is 22.8. The van der Waals surface area contributed by atoms with E-state index in [1.165, 1.54) is 27.8 Å². The van der Waals surface area contributed by atoms with Gasteiger partial charge in [-0.15, -0.1) is 0 Å². The molecule has 40 heavy (non-hydrogen) atoms. The molecule has 1 atom stereocenters. The summed E-state index contributed by atoms with van der Waals surface area (Å²) in [5.74, 6) is -0.230. The lowest BCUT2D eigenvalue weighted by molar-refractivity contribution is 0.0376. The Bertz CT molecular complexity index is 1400. The number of anilines is 1. The van der Waals surface area contributed by atoms with E-state index >= 15 is 0 Å². The van der Waals surface area contributed by atoms with Crippen LogP contribution in [0, 0.1) is 6.92 Å². The van der Waals surface area contributed by atoms with E-state index in [1.807, 2.05) is 19.1 Å². The number of nitrogens with zero attached hydrogens (tertiary/aromatic N) is 4. The van der Waals surface area contributed by atoms with Crippen molar-refractivity contribution in [2.45, 2.75) is 37.2 Å². The van der Waals surface area contributed by atoms with Crippen molar-refractivity contribution in [1.82, 2.24) is 14.2 Å². The van der Waals surface area contributed by atoms with Crippen molar-refractivity contribution in [2.24, 2.45) is 0 Å². The number of hydrogen-bond donors (Lipinski definition) is 0. The number of aromatic nitrogens is 1. The Kier molecular flexibility index (Phi) is 9.41. The van der Waals surface area contributed by atoms with Gasteiger partial charge in [-0.1, -0.05) is 29.0 Å². The predicted molar refractivity (Wildman–Crippen MR) is 158 cm³/mol. The van der Waals surface area contributed by atoms with Crippen LogP contribution in [0.4, 0.5) is 5.13 Å². The SMILES string of the molecule is Cc1ccc(Cl)c2sc(N(CCCN3CCOCC3)C(=O)c3ccc(S(=O)(=O)N(C)CC4CCCO4)cc3)nc12. The Balaban J connectivity index is 1.36. The summed E-state index contributed by atoms with van der Waals surface area (Å²) in [7, 11) is -2.15. The fourth-order valence-corrected chi connectivity index (χ4v) is 7.59. The molecular formula is C28H35ClN4O5S2. The largest absolute Gasteiger partial charge is 0.379 e.